The van der Waals surface area contributed by atoms with E-state index in [0.29, 0.717) is 0 Å². The molecule has 3 rings (SSSR count). The molecule has 0 N–H and O–H groups in total. The van der Waals surface area contributed by atoms with Crippen molar-refractivity contribution in [1.82, 2.24) is 0 Å². The summed E-state index contributed by atoms with van der Waals surface area (Å²) in [6.45, 7) is 0.273. The topological polar surface area (TPSA) is 18.5 Å². The molecule has 0 aliphatic carbocycles. The first-order valence-electron chi connectivity index (χ1n) is 6.58. The Balaban J connectivity index is 1.90. The summed E-state index contributed by atoms with van der Waals surface area (Å²) in [4.78, 5) is 0. The smallest absolute Gasteiger partial charge is 0.188 e. The normalized spacial score (nSPS) is 10.7. The quantitative estimate of drug-likeness (QED) is 0.646. The summed E-state index contributed by atoms with van der Waals surface area (Å²) in [5, 5.41) is 2.51. The third-order valence-electron chi connectivity index (χ3n) is 3.28. The van der Waals surface area contributed by atoms with Gasteiger partial charge in [-0.2, -0.15) is 0 Å². The molecule has 0 spiro atoms. The number of benzene rings is 3. The van der Waals surface area contributed by atoms with Crippen LogP contribution >= 0.6 is 0 Å². The molecule has 0 saturated heterocycles. The highest BCUT2D eigenvalue weighted by Gasteiger charge is 2.00. The minimum absolute atomic E-state index is 0.273. The van der Waals surface area contributed by atoms with Gasteiger partial charge in [0.1, 0.15) is 5.75 Å². The minimum Gasteiger partial charge on any atom is -0.468 e. The van der Waals surface area contributed by atoms with Crippen LogP contribution in [0.25, 0.3) is 21.9 Å². The van der Waals surface area contributed by atoms with Gasteiger partial charge >= 0.3 is 0 Å². The molecule has 0 heterocycles. The van der Waals surface area contributed by atoms with Gasteiger partial charge < -0.3 is 9.47 Å². The first kappa shape index (κ1) is 12.7. The third kappa shape index (κ3) is 2.65. The summed E-state index contributed by atoms with van der Waals surface area (Å²) < 4.78 is 10.3. The fourth-order valence-electron chi connectivity index (χ4n) is 2.24. The average molecular weight is 264 g/mol. The number of rotatable bonds is 4. The highest BCUT2D eigenvalue weighted by atomic mass is 16.7. The molecule has 0 unspecified atom stereocenters. The van der Waals surface area contributed by atoms with Crippen molar-refractivity contribution < 1.29 is 9.47 Å². The maximum atomic E-state index is 5.39. The van der Waals surface area contributed by atoms with Crippen LogP contribution in [0.2, 0.25) is 0 Å². The number of methoxy groups -OCH3 is 1. The van der Waals surface area contributed by atoms with Crippen LogP contribution in [-0.2, 0) is 4.74 Å². The molecule has 2 nitrogen and oxygen atoms in total. The summed E-state index contributed by atoms with van der Waals surface area (Å²) in [7, 11) is 1.61. The molecule has 0 aliphatic rings. The van der Waals surface area contributed by atoms with E-state index in [1.165, 1.54) is 21.9 Å². The van der Waals surface area contributed by atoms with Crippen molar-refractivity contribution in [3.05, 3.63) is 66.7 Å². The Labute approximate surface area is 118 Å². The first-order chi connectivity index (χ1) is 9.86. The van der Waals surface area contributed by atoms with Gasteiger partial charge in [-0.3, -0.25) is 0 Å². The monoisotopic (exact) mass is 264 g/mol. The lowest BCUT2D eigenvalue weighted by atomic mass is 10.0. The summed E-state index contributed by atoms with van der Waals surface area (Å²) >= 11 is 0. The molecule has 100 valence electrons. The highest BCUT2D eigenvalue weighted by molar-refractivity contribution is 5.87. The second-order valence-corrected chi connectivity index (χ2v) is 4.64. The maximum Gasteiger partial charge on any atom is 0.188 e. The molecular weight excluding hydrogens is 248 g/mol. The Hall–Kier alpha value is -2.32. The van der Waals surface area contributed by atoms with E-state index >= 15 is 0 Å². The van der Waals surface area contributed by atoms with Crippen molar-refractivity contribution in [3.63, 3.8) is 0 Å². The van der Waals surface area contributed by atoms with Gasteiger partial charge in [0.15, 0.2) is 6.79 Å². The largest absolute Gasteiger partial charge is 0.468 e. The lowest BCUT2D eigenvalue weighted by Gasteiger charge is -2.07. The van der Waals surface area contributed by atoms with Crippen LogP contribution in [0.15, 0.2) is 66.7 Å². The van der Waals surface area contributed by atoms with Gasteiger partial charge in [-0.25, -0.2) is 0 Å². The number of hydrogen-bond acceptors (Lipinski definition) is 2. The third-order valence-corrected chi connectivity index (χ3v) is 3.28. The van der Waals surface area contributed by atoms with Gasteiger partial charge in [-0.15, -0.1) is 0 Å². The zero-order valence-electron chi connectivity index (χ0n) is 11.4. The number of fused-ring (bicyclic) bond motifs is 1. The lowest BCUT2D eigenvalue weighted by Crippen LogP contribution is -1.98. The van der Waals surface area contributed by atoms with E-state index in [4.69, 9.17) is 9.47 Å². The van der Waals surface area contributed by atoms with Crippen LogP contribution in [0.3, 0.4) is 0 Å². The molecule has 0 fully saturated rings. The predicted molar refractivity (Wildman–Crippen MR) is 81.9 cm³/mol. The van der Waals surface area contributed by atoms with Gasteiger partial charge in [-0.05, 0) is 40.1 Å². The average Bonchev–Trinajstić information content (AvgIpc) is 2.53. The molecule has 0 atom stereocenters. The summed E-state index contributed by atoms with van der Waals surface area (Å²) in [5.41, 5.74) is 2.39. The van der Waals surface area contributed by atoms with Crippen LogP contribution < -0.4 is 4.74 Å². The van der Waals surface area contributed by atoms with Crippen molar-refractivity contribution in [2.75, 3.05) is 13.9 Å². The second kappa shape index (κ2) is 5.76. The van der Waals surface area contributed by atoms with Crippen LogP contribution in [0.4, 0.5) is 0 Å². The summed E-state index contributed by atoms with van der Waals surface area (Å²) in [6, 6.07) is 22.9. The molecule has 0 bridgehead atoms. The van der Waals surface area contributed by atoms with E-state index in [2.05, 4.69) is 54.6 Å². The van der Waals surface area contributed by atoms with Gasteiger partial charge in [0, 0.05) is 7.11 Å². The van der Waals surface area contributed by atoms with Crippen LogP contribution in [0.1, 0.15) is 0 Å². The van der Waals surface area contributed by atoms with E-state index in [1.807, 2.05) is 12.1 Å². The van der Waals surface area contributed by atoms with Crippen molar-refractivity contribution in [1.29, 1.82) is 0 Å². The molecule has 0 aliphatic heterocycles. The molecule has 0 radical (unpaired) electrons. The zero-order valence-corrected chi connectivity index (χ0v) is 11.4. The number of hydrogen-bond donors (Lipinski definition) is 0. The Bertz CT molecular complexity index is 702. The molecule has 20 heavy (non-hydrogen) atoms. The van der Waals surface area contributed by atoms with Gasteiger partial charge in [-0.1, -0.05) is 48.5 Å². The van der Waals surface area contributed by atoms with Crippen LogP contribution in [0.5, 0.6) is 5.75 Å². The first-order valence-corrected chi connectivity index (χ1v) is 6.58. The molecule has 2 heteroatoms. The van der Waals surface area contributed by atoms with Crippen molar-refractivity contribution in [2.45, 2.75) is 0 Å². The van der Waals surface area contributed by atoms with E-state index in [9.17, 15) is 0 Å². The Morgan fingerprint density at radius 2 is 1.45 bits per heavy atom. The fourth-order valence-corrected chi connectivity index (χ4v) is 2.24. The van der Waals surface area contributed by atoms with E-state index in [-0.39, 0.29) is 6.79 Å². The maximum absolute atomic E-state index is 5.39. The minimum atomic E-state index is 0.273. The van der Waals surface area contributed by atoms with Gasteiger partial charge in [0.05, 0.1) is 0 Å². The Kier molecular flexibility index (Phi) is 3.66. The summed E-state index contributed by atoms with van der Waals surface area (Å²) in [5.74, 6) is 0.816. The molecule has 3 aromatic carbocycles. The van der Waals surface area contributed by atoms with E-state index in [0.717, 1.165) is 5.75 Å². The zero-order chi connectivity index (χ0) is 13.8. The lowest BCUT2D eigenvalue weighted by molar-refractivity contribution is 0.0511. The van der Waals surface area contributed by atoms with E-state index in [1.54, 1.807) is 7.11 Å². The molecule has 3 aromatic rings. The fraction of sp³-hybridized carbons (Fsp3) is 0.111. The number of ether oxygens (including phenoxy) is 2. The predicted octanol–water partition coefficient (Wildman–Crippen LogP) is 4.49. The highest BCUT2D eigenvalue weighted by Crippen LogP contribution is 2.26. The van der Waals surface area contributed by atoms with Crippen molar-refractivity contribution in [2.24, 2.45) is 0 Å². The van der Waals surface area contributed by atoms with E-state index < -0.39 is 0 Å². The molecular formula is C18H16O2. The van der Waals surface area contributed by atoms with Crippen molar-refractivity contribution >= 4 is 10.8 Å². The van der Waals surface area contributed by atoms with Crippen LogP contribution in [0, 0.1) is 0 Å². The van der Waals surface area contributed by atoms with Gasteiger partial charge in [0.25, 0.3) is 0 Å². The van der Waals surface area contributed by atoms with Gasteiger partial charge in [0.2, 0.25) is 0 Å². The molecule has 0 aromatic heterocycles. The Morgan fingerprint density at radius 3 is 2.20 bits per heavy atom. The van der Waals surface area contributed by atoms with Crippen LogP contribution in [-0.4, -0.2) is 13.9 Å². The van der Waals surface area contributed by atoms with Crippen molar-refractivity contribution in [3.8, 4) is 16.9 Å². The standard InChI is InChI=1S/C18H16O2/c1-19-13-20-18-10-8-15(9-11-18)17-7-6-14-4-2-3-5-16(14)12-17/h2-12H,13H2,1H3. The second-order valence-electron chi connectivity index (χ2n) is 4.64. The molecule has 0 saturated carbocycles. The Morgan fingerprint density at radius 1 is 0.750 bits per heavy atom. The summed E-state index contributed by atoms with van der Waals surface area (Å²) in [6.07, 6.45) is 0. The molecule has 0 amide bonds. The SMILES string of the molecule is COCOc1ccc(-c2ccc3ccccc3c2)cc1.